The normalized spacial score (nSPS) is 10.4. The fraction of sp³-hybridized carbons (Fsp3) is 0.118. The van der Waals surface area contributed by atoms with Crippen molar-refractivity contribution < 1.29 is 13.6 Å². The Labute approximate surface area is 137 Å². The third kappa shape index (κ3) is 4.16. The molecule has 1 amide bonds. The average molecular weight is 326 g/mol. The van der Waals surface area contributed by atoms with E-state index in [9.17, 15) is 9.18 Å². The Bertz CT molecular complexity index is 786. The number of amides is 1. The van der Waals surface area contributed by atoms with E-state index in [1.165, 1.54) is 18.4 Å². The Morgan fingerprint density at radius 3 is 2.46 bits per heavy atom. The number of anilines is 2. The number of carbonyl (C=O) groups is 1. The van der Waals surface area contributed by atoms with E-state index in [1.807, 2.05) is 0 Å². The second-order valence-electron chi connectivity index (χ2n) is 5.04. The maximum Gasteiger partial charge on any atom is 0.292 e. The Hall–Kier alpha value is -3.22. The molecule has 3 aromatic rings. The molecule has 7 heteroatoms. The van der Waals surface area contributed by atoms with Gasteiger partial charge in [-0.3, -0.25) is 4.79 Å². The van der Waals surface area contributed by atoms with Crippen molar-refractivity contribution in [3.8, 4) is 0 Å². The van der Waals surface area contributed by atoms with Gasteiger partial charge in [-0.05, 0) is 48.4 Å². The van der Waals surface area contributed by atoms with Crippen LogP contribution in [0, 0.1) is 5.82 Å². The zero-order valence-corrected chi connectivity index (χ0v) is 12.7. The van der Waals surface area contributed by atoms with Crippen LogP contribution < -0.4 is 10.6 Å². The summed E-state index contributed by atoms with van der Waals surface area (Å²) in [6.45, 7) is 0.637. The zero-order chi connectivity index (χ0) is 16.8. The number of carbonyl (C=O) groups excluding carboxylic acids is 1. The van der Waals surface area contributed by atoms with Crippen molar-refractivity contribution in [3.05, 3.63) is 71.9 Å². The fourth-order valence-electron chi connectivity index (χ4n) is 2.06. The predicted octanol–water partition coefficient (Wildman–Crippen LogP) is 3.12. The first kappa shape index (κ1) is 15.7. The van der Waals surface area contributed by atoms with E-state index < -0.39 is 0 Å². The molecule has 0 atom stereocenters. The van der Waals surface area contributed by atoms with Gasteiger partial charge >= 0.3 is 0 Å². The lowest BCUT2D eigenvalue weighted by Gasteiger charge is -2.06. The molecule has 122 valence electrons. The SMILES string of the molecule is O=C(Nc1ccc(NCCc2ccc(F)cc2)nn1)c1ccco1. The van der Waals surface area contributed by atoms with Gasteiger partial charge in [0.05, 0.1) is 6.26 Å². The molecule has 0 aliphatic rings. The number of halogens is 1. The Kier molecular flexibility index (Phi) is 4.81. The Balaban J connectivity index is 1.49. The molecule has 0 aliphatic carbocycles. The highest BCUT2D eigenvalue weighted by atomic mass is 19.1. The van der Waals surface area contributed by atoms with E-state index in [0.29, 0.717) is 18.2 Å². The van der Waals surface area contributed by atoms with Crippen molar-refractivity contribution in [1.29, 1.82) is 0 Å². The molecule has 0 saturated heterocycles. The average Bonchev–Trinajstić information content (AvgIpc) is 3.13. The van der Waals surface area contributed by atoms with Crippen molar-refractivity contribution >= 4 is 17.5 Å². The maximum absolute atomic E-state index is 12.8. The predicted molar refractivity (Wildman–Crippen MR) is 87.3 cm³/mol. The van der Waals surface area contributed by atoms with E-state index in [0.717, 1.165) is 12.0 Å². The first-order valence-corrected chi connectivity index (χ1v) is 7.37. The van der Waals surface area contributed by atoms with Crippen molar-refractivity contribution in [3.63, 3.8) is 0 Å². The minimum absolute atomic E-state index is 0.207. The number of furan rings is 1. The summed E-state index contributed by atoms with van der Waals surface area (Å²) in [5, 5.41) is 13.6. The summed E-state index contributed by atoms with van der Waals surface area (Å²) < 4.78 is 17.8. The van der Waals surface area contributed by atoms with E-state index in [4.69, 9.17) is 4.42 Å². The van der Waals surface area contributed by atoms with Crippen LogP contribution in [0.2, 0.25) is 0 Å². The number of aromatic nitrogens is 2. The monoisotopic (exact) mass is 326 g/mol. The molecular weight excluding hydrogens is 311 g/mol. The van der Waals surface area contributed by atoms with Crippen LogP contribution in [0.1, 0.15) is 16.1 Å². The summed E-state index contributed by atoms with van der Waals surface area (Å²) >= 11 is 0. The first-order valence-electron chi connectivity index (χ1n) is 7.37. The molecule has 3 rings (SSSR count). The lowest BCUT2D eigenvalue weighted by Crippen LogP contribution is -2.13. The molecule has 0 spiro atoms. The Morgan fingerprint density at radius 1 is 1.04 bits per heavy atom. The van der Waals surface area contributed by atoms with Gasteiger partial charge in [-0.1, -0.05) is 12.1 Å². The van der Waals surface area contributed by atoms with Crippen molar-refractivity contribution in [2.75, 3.05) is 17.2 Å². The largest absolute Gasteiger partial charge is 0.459 e. The highest BCUT2D eigenvalue weighted by Crippen LogP contribution is 2.09. The first-order chi connectivity index (χ1) is 11.7. The van der Waals surface area contributed by atoms with Gasteiger partial charge in [-0.25, -0.2) is 4.39 Å². The molecule has 24 heavy (non-hydrogen) atoms. The minimum atomic E-state index is -0.383. The van der Waals surface area contributed by atoms with Gasteiger partial charge in [0, 0.05) is 6.54 Å². The van der Waals surface area contributed by atoms with Crippen LogP contribution in [0.25, 0.3) is 0 Å². The van der Waals surface area contributed by atoms with Crippen molar-refractivity contribution in [2.24, 2.45) is 0 Å². The van der Waals surface area contributed by atoms with Gasteiger partial charge < -0.3 is 15.1 Å². The second kappa shape index (κ2) is 7.36. The summed E-state index contributed by atoms with van der Waals surface area (Å²) in [6, 6.07) is 12.9. The molecule has 0 aliphatic heterocycles. The number of rotatable bonds is 6. The van der Waals surface area contributed by atoms with Crippen LogP contribution in [0.4, 0.5) is 16.0 Å². The van der Waals surface area contributed by atoms with Gasteiger partial charge in [0.15, 0.2) is 11.6 Å². The van der Waals surface area contributed by atoms with Gasteiger partial charge in [0.2, 0.25) is 0 Å². The number of nitrogens with one attached hydrogen (secondary N) is 2. The van der Waals surface area contributed by atoms with Crippen LogP contribution in [-0.4, -0.2) is 22.6 Å². The maximum atomic E-state index is 12.8. The molecule has 0 bridgehead atoms. The van der Waals surface area contributed by atoms with E-state index >= 15 is 0 Å². The fourth-order valence-corrected chi connectivity index (χ4v) is 2.06. The number of hydrogen-bond donors (Lipinski definition) is 2. The highest BCUT2D eigenvalue weighted by Gasteiger charge is 2.09. The lowest BCUT2D eigenvalue weighted by atomic mass is 10.1. The molecule has 0 unspecified atom stereocenters. The van der Waals surface area contributed by atoms with Gasteiger partial charge in [0.1, 0.15) is 11.6 Å². The summed E-state index contributed by atoms with van der Waals surface area (Å²) in [5.41, 5.74) is 1.03. The molecule has 0 radical (unpaired) electrons. The van der Waals surface area contributed by atoms with Crippen LogP contribution >= 0.6 is 0 Å². The van der Waals surface area contributed by atoms with Gasteiger partial charge in [0.25, 0.3) is 5.91 Å². The van der Waals surface area contributed by atoms with Gasteiger partial charge in [-0.2, -0.15) is 0 Å². The topological polar surface area (TPSA) is 80.0 Å². The van der Waals surface area contributed by atoms with Crippen LogP contribution in [0.3, 0.4) is 0 Å². The van der Waals surface area contributed by atoms with Crippen LogP contribution in [0.5, 0.6) is 0 Å². The van der Waals surface area contributed by atoms with Crippen molar-refractivity contribution in [2.45, 2.75) is 6.42 Å². The van der Waals surface area contributed by atoms with Gasteiger partial charge in [-0.15, -0.1) is 10.2 Å². The standard InChI is InChI=1S/C17H15FN4O2/c18-13-5-3-12(4-6-13)9-10-19-15-7-8-16(22-21-15)20-17(23)14-2-1-11-24-14/h1-8,11H,9-10H2,(H,19,21)(H,20,22,23). The minimum Gasteiger partial charge on any atom is -0.459 e. The quantitative estimate of drug-likeness (QED) is 0.727. The lowest BCUT2D eigenvalue weighted by molar-refractivity contribution is 0.0996. The Morgan fingerprint density at radius 2 is 1.79 bits per heavy atom. The van der Waals surface area contributed by atoms with Crippen molar-refractivity contribution in [1.82, 2.24) is 10.2 Å². The van der Waals surface area contributed by atoms with Crippen LogP contribution in [-0.2, 0) is 6.42 Å². The third-order valence-electron chi connectivity index (χ3n) is 3.28. The summed E-state index contributed by atoms with van der Waals surface area (Å²) in [5.74, 6) is 0.503. The van der Waals surface area contributed by atoms with E-state index in [-0.39, 0.29) is 17.5 Å². The molecule has 6 nitrogen and oxygen atoms in total. The summed E-state index contributed by atoms with van der Waals surface area (Å²) in [6.07, 6.45) is 2.16. The van der Waals surface area contributed by atoms with E-state index in [1.54, 1.807) is 36.4 Å². The summed E-state index contributed by atoms with van der Waals surface area (Å²) in [7, 11) is 0. The number of hydrogen-bond acceptors (Lipinski definition) is 5. The summed E-state index contributed by atoms with van der Waals surface area (Å²) in [4.78, 5) is 11.8. The number of nitrogens with zero attached hydrogens (tertiary/aromatic N) is 2. The molecule has 0 saturated carbocycles. The van der Waals surface area contributed by atoms with E-state index in [2.05, 4.69) is 20.8 Å². The smallest absolute Gasteiger partial charge is 0.292 e. The zero-order valence-electron chi connectivity index (χ0n) is 12.7. The second-order valence-corrected chi connectivity index (χ2v) is 5.04. The molecule has 2 aromatic heterocycles. The van der Waals surface area contributed by atoms with Crippen LogP contribution in [0.15, 0.2) is 59.2 Å². The third-order valence-corrected chi connectivity index (χ3v) is 3.28. The highest BCUT2D eigenvalue weighted by molar-refractivity contribution is 6.01. The molecular formula is C17H15FN4O2. The molecule has 0 fully saturated rings. The molecule has 1 aromatic carbocycles. The molecule has 2 N–H and O–H groups in total. The number of benzene rings is 1. The molecule has 2 heterocycles.